The van der Waals surface area contributed by atoms with Gasteiger partial charge in [-0.25, -0.2) is 4.98 Å². The molecule has 0 radical (unpaired) electrons. The number of ether oxygens (including phenoxy) is 1. The van der Waals surface area contributed by atoms with Crippen LogP contribution in [0.3, 0.4) is 0 Å². The van der Waals surface area contributed by atoms with Crippen LogP contribution in [0.15, 0.2) is 121 Å². The van der Waals surface area contributed by atoms with Crippen molar-refractivity contribution in [1.82, 2.24) is 14.5 Å². The van der Waals surface area contributed by atoms with Crippen LogP contribution < -0.4 is 10.1 Å². The van der Waals surface area contributed by atoms with E-state index >= 15 is 0 Å². The van der Waals surface area contributed by atoms with Crippen LogP contribution in [0.25, 0.3) is 16.9 Å². The van der Waals surface area contributed by atoms with Gasteiger partial charge in [0.25, 0.3) is 5.91 Å². The standard InChI is InChI=1S/C32H28N4O3/c1-39-28-19-17-25(18-20-28)29-22-36(27-15-9-4-10-16-27)32(33-29)34-30(37)23-35(21-24-11-5-2-6-12-24)31(38)26-13-7-3-8-14-26/h2-20,22H,21,23H2,1H3,(H,33,34,37). The van der Waals surface area contributed by atoms with E-state index in [0.717, 1.165) is 22.6 Å². The van der Waals surface area contributed by atoms with Crippen molar-refractivity contribution < 1.29 is 14.3 Å². The van der Waals surface area contributed by atoms with E-state index in [4.69, 9.17) is 9.72 Å². The smallest absolute Gasteiger partial charge is 0.254 e. The van der Waals surface area contributed by atoms with Gasteiger partial charge in [-0.3, -0.25) is 19.5 Å². The summed E-state index contributed by atoms with van der Waals surface area (Å²) in [6, 6.07) is 35.8. The second kappa shape index (κ2) is 11.9. The van der Waals surface area contributed by atoms with Crippen LogP contribution in [0, 0.1) is 0 Å². The van der Waals surface area contributed by atoms with Crippen molar-refractivity contribution in [2.45, 2.75) is 6.54 Å². The highest BCUT2D eigenvalue weighted by molar-refractivity contribution is 5.99. The van der Waals surface area contributed by atoms with Gasteiger partial charge in [0.05, 0.1) is 12.8 Å². The van der Waals surface area contributed by atoms with Crippen molar-refractivity contribution in [2.24, 2.45) is 0 Å². The van der Waals surface area contributed by atoms with Crippen molar-refractivity contribution >= 4 is 17.8 Å². The molecule has 0 fully saturated rings. The Hall–Kier alpha value is -5.17. The number of rotatable bonds is 9. The van der Waals surface area contributed by atoms with Gasteiger partial charge in [-0.1, -0.05) is 66.7 Å². The van der Waals surface area contributed by atoms with E-state index < -0.39 is 0 Å². The van der Waals surface area contributed by atoms with E-state index in [9.17, 15) is 9.59 Å². The number of para-hydroxylation sites is 1. The Balaban J connectivity index is 1.42. The molecule has 0 bridgehead atoms. The molecule has 0 saturated carbocycles. The number of hydrogen-bond acceptors (Lipinski definition) is 4. The molecule has 4 aromatic carbocycles. The quantitative estimate of drug-likeness (QED) is 0.268. The minimum atomic E-state index is -0.348. The molecule has 5 aromatic rings. The van der Waals surface area contributed by atoms with Gasteiger partial charge in [-0.05, 0) is 54.1 Å². The van der Waals surface area contributed by atoms with E-state index in [1.54, 1.807) is 24.1 Å². The van der Waals surface area contributed by atoms with Gasteiger partial charge in [0.15, 0.2) is 0 Å². The molecule has 2 amide bonds. The third-order valence-corrected chi connectivity index (χ3v) is 6.24. The van der Waals surface area contributed by atoms with Crippen LogP contribution in [0.4, 0.5) is 5.95 Å². The van der Waals surface area contributed by atoms with Gasteiger partial charge >= 0.3 is 0 Å². The van der Waals surface area contributed by atoms with Crippen LogP contribution in [0.1, 0.15) is 15.9 Å². The third-order valence-electron chi connectivity index (χ3n) is 6.24. The van der Waals surface area contributed by atoms with E-state index in [1.807, 2.05) is 114 Å². The molecule has 7 heteroatoms. The average molecular weight is 517 g/mol. The number of hydrogen-bond donors (Lipinski definition) is 1. The number of carbonyl (C=O) groups is 2. The largest absolute Gasteiger partial charge is 0.497 e. The van der Waals surface area contributed by atoms with Gasteiger partial charge in [0.1, 0.15) is 12.3 Å². The molecule has 1 aromatic heterocycles. The van der Waals surface area contributed by atoms with Gasteiger partial charge < -0.3 is 9.64 Å². The second-order valence-electron chi connectivity index (χ2n) is 8.94. The number of methoxy groups -OCH3 is 1. The first-order chi connectivity index (χ1) is 19.1. The van der Waals surface area contributed by atoms with E-state index in [1.165, 1.54) is 0 Å². The maximum atomic E-state index is 13.4. The van der Waals surface area contributed by atoms with E-state index in [2.05, 4.69) is 5.32 Å². The Morgan fingerprint density at radius 3 is 2.08 bits per heavy atom. The summed E-state index contributed by atoms with van der Waals surface area (Å²) >= 11 is 0. The second-order valence-corrected chi connectivity index (χ2v) is 8.94. The lowest BCUT2D eigenvalue weighted by Crippen LogP contribution is -2.38. The predicted molar refractivity (Wildman–Crippen MR) is 152 cm³/mol. The molecule has 0 aliphatic carbocycles. The summed E-state index contributed by atoms with van der Waals surface area (Å²) in [5, 5.41) is 2.94. The summed E-state index contributed by atoms with van der Waals surface area (Å²) in [6.07, 6.45) is 1.88. The fourth-order valence-corrected chi connectivity index (χ4v) is 4.26. The minimum Gasteiger partial charge on any atom is -0.497 e. The Kier molecular flexibility index (Phi) is 7.79. The van der Waals surface area contributed by atoms with Crippen LogP contribution in [0.2, 0.25) is 0 Å². The summed E-state index contributed by atoms with van der Waals surface area (Å²) in [5.41, 5.74) is 3.88. The zero-order valence-electron chi connectivity index (χ0n) is 21.5. The number of nitrogens with zero attached hydrogens (tertiary/aromatic N) is 3. The first-order valence-electron chi connectivity index (χ1n) is 12.6. The van der Waals surface area contributed by atoms with E-state index in [0.29, 0.717) is 23.8 Å². The Morgan fingerprint density at radius 2 is 1.44 bits per heavy atom. The summed E-state index contributed by atoms with van der Waals surface area (Å²) in [6.45, 7) is 0.161. The molecular weight excluding hydrogens is 488 g/mol. The SMILES string of the molecule is COc1ccc(-c2cn(-c3ccccc3)c(NC(=O)CN(Cc3ccccc3)C(=O)c3ccccc3)n2)cc1. The third kappa shape index (κ3) is 6.22. The highest BCUT2D eigenvalue weighted by atomic mass is 16.5. The molecule has 194 valence electrons. The molecule has 5 rings (SSSR count). The van der Waals surface area contributed by atoms with Crippen molar-refractivity contribution in [1.29, 1.82) is 0 Å². The Morgan fingerprint density at radius 1 is 0.821 bits per heavy atom. The molecule has 0 aliphatic heterocycles. The highest BCUT2D eigenvalue weighted by Gasteiger charge is 2.21. The highest BCUT2D eigenvalue weighted by Crippen LogP contribution is 2.26. The molecule has 39 heavy (non-hydrogen) atoms. The number of nitrogens with one attached hydrogen (secondary N) is 1. The maximum absolute atomic E-state index is 13.4. The monoisotopic (exact) mass is 516 g/mol. The van der Waals surface area contributed by atoms with Crippen molar-refractivity contribution in [3.05, 3.63) is 133 Å². The fraction of sp³-hybridized carbons (Fsp3) is 0.0938. The minimum absolute atomic E-state index is 0.137. The van der Waals surface area contributed by atoms with Crippen LogP contribution in [-0.2, 0) is 11.3 Å². The Bertz CT molecular complexity index is 1530. The first-order valence-corrected chi connectivity index (χ1v) is 12.6. The zero-order chi connectivity index (χ0) is 27.0. The molecule has 7 nitrogen and oxygen atoms in total. The molecule has 0 aliphatic rings. The normalized spacial score (nSPS) is 10.6. The van der Waals surface area contributed by atoms with Crippen molar-refractivity contribution in [3.63, 3.8) is 0 Å². The summed E-state index contributed by atoms with van der Waals surface area (Å²) in [4.78, 5) is 33.0. The zero-order valence-corrected chi connectivity index (χ0v) is 21.5. The topological polar surface area (TPSA) is 76.5 Å². The van der Waals surface area contributed by atoms with Gasteiger partial charge in [0.2, 0.25) is 11.9 Å². The van der Waals surface area contributed by atoms with E-state index in [-0.39, 0.29) is 18.4 Å². The average Bonchev–Trinajstić information content (AvgIpc) is 3.41. The van der Waals surface area contributed by atoms with Gasteiger partial charge in [-0.15, -0.1) is 0 Å². The van der Waals surface area contributed by atoms with Crippen LogP contribution >= 0.6 is 0 Å². The number of amides is 2. The van der Waals surface area contributed by atoms with Crippen molar-refractivity contribution in [2.75, 3.05) is 19.0 Å². The molecule has 0 atom stereocenters. The lowest BCUT2D eigenvalue weighted by Gasteiger charge is -2.22. The summed E-state index contributed by atoms with van der Waals surface area (Å²) in [5.74, 6) is 0.541. The molecule has 1 N–H and O–H groups in total. The van der Waals surface area contributed by atoms with Crippen molar-refractivity contribution in [3.8, 4) is 22.7 Å². The molecule has 0 spiro atoms. The molecular formula is C32H28N4O3. The lowest BCUT2D eigenvalue weighted by molar-refractivity contribution is -0.117. The molecule has 1 heterocycles. The molecule has 0 unspecified atom stereocenters. The number of benzene rings is 4. The summed E-state index contributed by atoms with van der Waals surface area (Å²) in [7, 11) is 1.62. The maximum Gasteiger partial charge on any atom is 0.254 e. The fourth-order valence-electron chi connectivity index (χ4n) is 4.26. The Labute approximate surface area is 227 Å². The van der Waals surface area contributed by atoms with Crippen LogP contribution in [-0.4, -0.2) is 39.9 Å². The molecule has 0 saturated heterocycles. The van der Waals surface area contributed by atoms with Gasteiger partial charge in [-0.2, -0.15) is 0 Å². The van der Waals surface area contributed by atoms with Crippen LogP contribution in [0.5, 0.6) is 5.75 Å². The number of anilines is 1. The predicted octanol–water partition coefficient (Wildman–Crippen LogP) is 5.83. The van der Waals surface area contributed by atoms with Gasteiger partial charge in [0, 0.05) is 29.6 Å². The summed E-state index contributed by atoms with van der Waals surface area (Å²) < 4.78 is 7.10. The number of aromatic nitrogens is 2. The lowest BCUT2D eigenvalue weighted by atomic mass is 10.1. The number of imidazole rings is 1. The first kappa shape index (κ1) is 25.5. The number of carbonyl (C=O) groups excluding carboxylic acids is 2.